The fourth-order valence-corrected chi connectivity index (χ4v) is 3.07. The van der Waals surface area contributed by atoms with Crippen LogP contribution in [0.15, 0.2) is 12.3 Å². The Morgan fingerprint density at radius 1 is 1.44 bits per heavy atom. The highest BCUT2D eigenvalue weighted by Crippen LogP contribution is 2.13. The minimum Gasteiger partial charge on any atom is -0.308 e. The van der Waals surface area contributed by atoms with E-state index in [1.54, 1.807) is 8.99 Å². The van der Waals surface area contributed by atoms with Crippen molar-refractivity contribution < 1.29 is 8.42 Å². The van der Waals surface area contributed by atoms with Gasteiger partial charge in [0.05, 0.1) is 11.9 Å². The third-order valence-corrected chi connectivity index (χ3v) is 4.57. The van der Waals surface area contributed by atoms with Crippen LogP contribution in [0, 0.1) is 0 Å². The van der Waals surface area contributed by atoms with Gasteiger partial charge in [-0.05, 0) is 18.9 Å². The van der Waals surface area contributed by atoms with Crippen molar-refractivity contribution in [1.29, 1.82) is 0 Å². The number of aryl methyl sites for hydroxylation is 1. The summed E-state index contributed by atoms with van der Waals surface area (Å²) in [5, 5.41) is 7.72. The molecule has 1 aliphatic heterocycles. The van der Waals surface area contributed by atoms with Gasteiger partial charge in [0.2, 0.25) is 10.0 Å². The van der Waals surface area contributed by atoms with Gasteiger partial charge >= 0.3 is 0 Å². The van der Waals surface area contributed by atoms with E-state index in [9.17, 15) is 8.42 Å². The molecule has 1 aromatic heterocycles. The molecule has 1 aliphatic rings. The van der Waals surface area contributed by atoms with E-state index in [4.69, 9.17) is 0 Å². The van der Waals surface area contributed by atoms with Gasteiger partial charge in [0, 0.05) is 38.9 Å². The third-order valence-electron chi connectivity index (χ3n) is 3.26. The van der Waals surface area contributed by atoms with Gasteiger partial charge in [-0.2, -0.15) is 5.10 Å². The number of aromatic nitrogens is 2. The smallest absolute Gasteiger partial charge is 0.211 e. The molecule has 0 bridgehead atoms. The Kier molecular flexibility index (Phi) is 4.04. The molecule has 1 N–H and O–H groups in total. The van der Waals surface area contributed by atoms with E-state index in [-0.39, 0.29) is 0 Å². The zero-order valence-electron chi connectivity index (χ0n) is 10.8. The van der Waals surface area contributed by atoms with Gasteiger partial charge in [-0.3, -0.25) is 4.68 Å². The number of hydrogen-bond donors (Lipinski definition) is 1. The number of piperidine rings is 1. The summed E-state index contributed by atoms with van der Waals surface area (Å²) in [7, 11) is -1.13. The quantitative estimate of drug-likeness (QED) is 0.833. The molecule has 7 heteroatoms. The zero-order chi connectivity index (χ0) is 13.2. The van der Waals surface area contributed by atoms with Gasteiger partial charge in [-0.15, -0.1) is 0 Å². The van der Waals surface area contributed by atoms with Gasteiger partial charge in [0.15, 0.2) is 0 Å². The Hall–Kier alpha value is -0.920. The number of sulfonamides is 1. The molecular formula is C11H20N4O2S. The molecule has 6 nitrogen and oxygen atoms in total. The summed E-state index contributed by atoms with van der Waals surface area (Å²) in [6.45, 7) is 1.96. The maximum Gasteiger partial charge on any atom is 0.211 e. The summed E-state index contributed by atoms with van der Waals surface area (Å²) in [4.78, 5) is 0. The lowest BCUT2D eigenvalue weighted by Gasteiger charge is -2.30. The fraction of sp³-hybridized carbons (Fsp3) is 0.727. The Morgan fingerprint density at radius 3 is 2.61 bits per heavy atom. The highest BCUT2D eigenvalue weighted by Gasteiger charge is 2.24. The summed E-state index contributed by atoms with van der Waals surface area (Å²) >= 11 is 0. The van der Waals surface area contributed by atoms with E-state index >= 15 is 0 Å². The average molecular weight is 272 g/mol. The van der Waals surface area contributed by atoms with Crippen molar-refractivity contribution in [3.05, 3.63) is 18.0 Å². The molecule has 102 valence electrons. The maximum atomic E-state index is 11.4. The predicted octanol–water partition coefficient (Wildman–Crippen LogP) is -0.0663. The molecular weight excluding hydrogens is 252 g/mol. The molecule has 0 unspecified atom stereocenters. The number of nitrogens with zero attached hydrogens (tertiary/aromatic N) is 3. The molecule has 0 atom stereocenters. The molecule has 0 spiro atoms. The van der Waals surface area contributed by atoms with Gasteiger partial charge in [-0.1, -0.05) is 0 Å². The van der Waals surface area contributed by atoms with E-state index in [1.807, 2.05) is 19.3 Å². The molecule has 2 heterocycles. The first kappa shape index (κ1) is 13.5. The van der Waals surface area contributed by atoms with Gasteiger partial charge in [0.1, 0.15) is 0 Å². The molecule has 0 radical (unpaired) electrons. The first-order chi connectivity index (χ1) is 8.45. The van der Waals surface area contributed by atoms with E-state index in [2.05, 4.69) is 10.4 Å². The second-order valence-electron chi connectivity index (χ2n) is 4.80. The minimum absolute atomic E-state index is 0.380. The summed E-state index contributed by atoms with van der Waals surface area (Å²) in [5.41, 5.74) is 1.02. The van der Waals surface area contributed by atoms with Crippen molar-refractivity contribution in [2.45, 2.75) is 25.4 Å². The second kappa shape index (κ2) is 5.38. The van der Waals surface area contributed by atoms with Crippen molar-refractivity contribution >= 4 is 10.0 Å². The third kappa shape index (κ3) is 3.54. The number of rotatable bonds is 4. The Balaban J connectivity index is 1.77. The van der Waals surface area contributed by atoms with Crippen LogP contribution in [0.2, 0.25) is 0 Å². The van der Waals surface area contributed by atoms with E-state index in [1.165, 1.54) is 6.26 Å². The molecule has 2 rings (SSSR count). The van der Waals surface area contributed by atoms with Crippen LogP contribution in [0.25, 0.3) is 0 Å². The normalized spacial score (nSPS) is 19.2. The van der Waals surface area contributed by atoms with E-state index in [0.717, 1.165) is 25.1 Å². The summed E-state index contributed by atoms with van der Waals surface area (Å²) in [5.74, 6) is 0. The Bertz CT molecular complexity index is 489. The monoisotopic (exact) mass is 272 g/mol. The molecule has 1 aromatic rings. The lowest BCUT2D eigenvalue weighted by molar-refractivity contribution is 0.289. The molecule has 18 heavy (non-hydrogen) atoms. The standard InChI is InChI=1S/C11H20N4O2S/c1-14-6-3-11(13-14)9-12-10-4-7-15(8-5-10)18(2,16)17/h3,6,10,12H,4-5,7-9H2,1-2H3. The van der Waals surface area contributed by atoms with Crippen LogP contribution >= 0.6 is 0 Å². The first-order valence-corrected chi connectivity index (χ1v) is 7.97. The lowest BCUT2D eigenvalue weighted by atomic mass is 10.1. The molecule has 1 saturated heterocycles. The van der Waals surface area contributed by atoms with Crippen LogP contribution in [-0.2, 0) is 23.6 Å². The molecule has 0 aliphatic carbocycles. The van der Waals surface area contributed by atoms with Crippen LogP contribution < -0.4 is 5.32 Å². The minimum atomic E-state index is -3.02. The number of hydrogen-bond acceptors (Lipinski definition) is 4. The van der Waals surface area contributed by atoms with E-state index < -0.39 is 10.0 Å². The van der Waals surface area contributed by atoms with Crippen molar-refractivity contribution in [2.24, 2.45) is 7.05 Å². The SMILES string of the molecule is Cn1ccc(CNC2CCN(S(C)(=O)=O)CC2)n1. The first-order valence-electron chi connectivity index (χ1n) is 6.12. The van der Waals surface area contributed by atoms with Crippen LogP contribution in [0.4, 0.5) is 0 Å². The van der Waals surface area contributed by atoms with Gasteiger partial charge in [0.25, 0.3) is 0 Å². The van der Waals surface area contributed by atoms with Gasteiger partial charge in [-0.25, -0.2) is 12.7 Å². The summed E-state index contributed by atoms with van der Waals surface area (Å²) in [6, 6.07) is 2.36. The van der Waals surface area contributed by atoms with Crippen LogP contribution in [0.3, 0.4) is 0 Å². The maximum absolute atomic E-state index is 11.4. The van der Waals surface area contributed by atoms with Crippen molar-refractivity contribution in [2.75, 3.05) is 19.3 Å². The zero-order valence-corrected chi connectivity index (χ0v) is 11.7. The van der Waals surface area contributed by atoms with Crippen LogP contribution in [0.1, 0.15) is 18.5 Å². The molecule has 1 fully saturated rings. The van der Waals surface area contributed by atoms with Crippen molar-refractivity contribution in [3.8, 4) is 0 Å². The molecule has 0 amide bonds. The van der Waals surface area contributed by atoms with Crippen LogP contribution in [-0.4, -0.2) is 47.9 Å². The van der Waals surface area contributed by atoms with Crippen LogP contribution in [0.5, 0.6) is 0 Å². The Labute approximate surface area is 108 Å². The average Bonchev–Trinajstić information content (AvgIpc) is 2.72. The fourth-order valence-electron chi connectivity index (χ4n) is 2.20. The topological polar surface area (TPSA) is 67.2 Å². The van der Waals surface area contributed by atoms with Gasteiger partial charge < -0.3 is 5.32 Å². The lowest BCUT2D eigenvalue weighted by Crippen LogP contribution is -2.44. The second-order valence-corrected chi connectivity index (χ2v) is 6.78. The number of nitrogens with one attached hydrogen (secondary N) is 1. The molecule has 0 saturated carbocycles. The summed E-state index contributed by atoms with van der Waals surface area (Å²) < 4.78 is 26.1. The Morgan fingerprint density at radius 2 is 2.11 bits per heavy atom. The summed E-state index contributed by atoms with van der Waals surface area (Å²) in [6.07, 6.45) is 4.91. The largest absolute Gasteiger partial charge is 0.308 e. The highest BCUT2D eigenvalue weighted by molar-refractivity contribution is 7.88. The predicted molar refractivity (Wildman–Crippen MR) is 69.5 cm³/mol. The molecule has 0 aromatic carbocycles. The van der Waals surface area contributed by atoms with Crippen molar-refractivity contribution in [1.82, 2.24) is 19.4 Å². The van der Waals surface area contributed by atoms with E-state index in [0.29, 0.717) is 19.1 Å². The highest BCUT2D eigenvalue weighted by atomic mass is 32.2. The van der Waals surface area contributed by atoms with Crippen molar-refractivity contribution in [3.63, 3.8) is 0 Å².